The molecule has 0 unspecified atom stereocenters. The summed E-state index contributed by atoms with van der Waals surface area (Å²) < 4.78 is 13.3. The van der Waals surface area contributed by atoms with Crippen molar-refractivity contribution in [3.8, 4) is 0 Å². The van der Waals surface area contributed by atoms with Crippen LogP contribution in [0.4, 0.5) is 4.39 Å². The maximum atomic E-state index is 13.3. The summed E-state index contributed by atoms with van der Waals surface area (Å²) in [5.74, 6) is -1.52. The molecule has 1 atom stereocenters. The molecule has 102 valence electrons. The van der Waals surface area contributed by atoms with Crippen molar-refractivity contribution in [1.82, 2.24) is 10.2 Å². The van der Waals surface area contributed by atoms with E-state index in [1.54, 1.807) is 6.07 Å². The molecule has 0 aliphatic carbocycles. The fourth-order valence-corrected chi connectivity index (χ4v) is 1.98. The quantitative estimate of drug-likeness (QED) is 0.818. The van der Waals surface area contributed by atoms with Crippen LogP contribution in [-0.2, 0) is 4.79 Å². The van der Waals surface area contributed by atoms with Gasteiger partial charge in [-0.3, -0.25) is 9.59 Å². The summed E-state index contributed by atoms with van der Waals surface area (Å²) >= 11 is 0. The molecule has 2 N–H and O–H groups in total. The van der Waals surface area contributed by atoms with Crippen LogP contribution in [0.1, 0.15) is 16.8 Å². The van der Waals surface area contributed by atoms with Gasteiger partial charge in [0.1, 0.15) is 5.82 Å². The second-order valence-electron chi connectivity index (χ2n) is 4.44. The summed E-state index contributed by atoms with van der Waals surface area (Å²) in [7, 11) is 0. The number of amides is 2. The van der Waals surface area contributed by atoms with Crippen LogP contribution >= 0.6 is 0 Å². The summed E-state index contributed by atoms with van der Waals surface area (Å²) in [6.07, 6.45) is 0.0544. The Morgan fingerprint density at radius 2 is 2.16 bits per heavy atom. The highest BCUT2D eigenvalue weighted by Crippen LogP contribution is 2.09. The van der Waals surface area contributed by atoms with Gasteiger partial charge in [0, 0.05) is 13.1 Å². The average molecular weight is 266 g/mol. The van der Waals surface area contributed by atoms with Gasteiger partial charge in [0.2, 0.25) is 5.91 Å². The number of aliphatic hydroxyl groups is 1. The maximum Gasteiger partial charge on any atom is 0.254 e. The Morgan fingerprint density at radius 3 is 2.79 bits per heavy atom. The molecule has 1 fully saturated rings. The van der Waals surface area contributed by atoms with E-state index in [1.807, 2.05) is 0 Å². The highest BCUT2D eigenvalue weighted by atomic mass is 19.1. The summed E-state index contributed by atoms with van der Waals surface area (Å²) in [4.78, 5) is 24.9. The van der Waals surface area contributed by atoms with E-state index in [2.05, 4.69) is 5.32 Å². The number of nitrogens with zero attached hydrogens (tertiary/aromatic N) is 1. The van der Waals surface area contributed by atoms with Gasteiger partial charge in [-0.15, -0.1) is 0 Å². The monoisotopic (exact) mass is 266 g/mol. The van der Waals surface area contributed by atoms with Crippen molar-refractivity contribution in [3.63, 3.8) is 0 Å². The van der Waals surface area contributed by atoms with Crippen LogP contribution < -0.4 is 5.32 Å². The van der Waals surface area contributed by atoms with E-state index in [0.29, 0.717) is 13.0 Å². The Kier molecular flexibility index (Phi) is 4.11. The van der Waals surface area contributed by atoms with Gasteiger partial charge in [0.15, 0.2) is 0 Å². The van der Waals surface area contributed by atoms with Gasteiger partial charge in [-0.2, -0.15) is 0 Å². The summed E-state index contributed by atoms with van der Waals surface area (Å²) in [5.41, 5.74) is -0.0863. The molecule has 2 rings (SSSR count). The number of nitrogens with one attached hydrogen (secondary N) is 1. The van der Waals surface area contributed by atoms with E-state index in [4.69, 9.17) is 0 Å². The SMILES string of the molecule is O=C(NCC(=O)N1CC[C@@H](O)C1)c1ccccc1F. The van der Waals surface area contributed by atoms with Crippen molar-refractivity contribution in [2.75, 3.05) is 19.6 Å². The summed E-state index contributed by atoms with van der Waals surface area (Å²) in [6.45, 7) is 0.573. The van der Waals surface area contributed by atoms with Gasteiger partial charge in [-0.05, 0) is 18.6 Å². The van der Waals surface area contributed by atoms with Gasteiger partial charge in [0.05, 0.1) is 18.2 Å². The summed E-state index contributed by atoms with van der Waals surface area (Å²) in [5, 5.41) is 11.7. The van der Waals surface area contributed by atoms with Crippen LogP contribution in [-0.4, -0.2) is 47.6 Å². The Bertz CT molecular complexity index is 493. The van der Waals surface area contributed by atoms with Crippen molar-refractivity contribution in [3.05, 3.63) is 35.6 Å². The maximum absolute atomic E-state index is 13.3. The number of halogens is 1. The van der Waals surface area contributed by atoms with Crippen molar-refractivity contribution >= 4 is 11.8 Å². The molecule has 5 nitrogen and oxygen atoms in total. The number of hydrogen-bond acceptors (Lipinski definition) is 3. The second kappa shape index (κ2) is 5.79. The lowest BCUT2D eigenvalue weighted by Crippen LogP contribution is -2.39. The zero-order chi connectivity index (χ0) is 13.8. The van der Waals surface area contributed by atoms with E-state index >= 15 is 0 Å². The molecule has 1 saturated heterocycles. The number of β-amino-alcohol motifs (C(OH)–C–C–N with tert-alkyl or cyclic N) is 1. The van der Waals surface area contributed by atoms with E-state index in [9.17, 15) is 19.1 Å². The Hall–Kier alpha value is -1.95. The van der Waals surface area contributed by atoms with Crippen LogP contribution in [0.5, 0.6) is 0 Å². The van der Waals surface area contributed by atoms with Crippen LogP contribution in [0, 0.1) is 5.82 Å². The van der Waals surface area contributed by atoms with E-state index in [0.717, 1.165) is 0 Å². The molecule has 0 bridgehead atoms. The number of rotatable bonds is 3. The van der Waals surface area contributed by atoms with Crippen LogP contribution in [0.15, 0.2) is 24.3 Å². The normalized spacial score (nSPS) is 18.4. The number of likely N-dealkylation sites (tertiary alicyclic amines) is 1. The topological polar surface area (TPSA) is 69.6 Å². The first-order chi connectivity index (χ1) is 9.08. The number of benzene rings is 1. The number of carbonyl (C=O) groups excluding carboxylic acids is 2. The Balaban J connectivity index is 1.87. The molecule has 6 heteroatoms. The minimum absolute atomic E-state index is 0.0863. The highest BCUT2D eigenvalue weighted by molar-refractivity contribution is 5.96. The van der Waals surface area contributed by atoms with Crippen LogP contribution in [0.25, 0.3) is 0 Å². The van der Waals surface area contributed by atoms with Gasteiger partial charge in [-0.1, -0.05) is 12.1 Å². The molecule has 0 aromatic heterocycles. The van der Waals surface area contributed by atoms with Crippen molar-refractivity contribution < 1.29 is 19.1 Å². The highest BCUT2D eigenvalue weighted by Gasteiger charge is 2.24. The third-order valence-electron chi connectivity index (χ3n) is 3.03. The lowest BCUT2D eigenvalue weighted by molar-refractivity contribution is -0.129. The van der Waals surface area contributed by atoms with Gasteiger partial charge >= 0.3 is 0 Å². The minimum Gasteiger partial charge on any atom is -0.391 e. The first-order valence-corrected chi connectivity index (χ1v) is 6.06. The smallest absolute Gasteiger partial charge is 0.254 e. The van der Waals surface area contributed by atoms with E-state index < -0.39 is 17.8 Å². The summed E-state index contributed by atoms with van der Waals surface area (Å²) in [6, 6.07) is 5.59. The third-order valence-corrected chi connectivity index (χ3v) is 3.03. The Morgan fingerprint density at radius 1 is 1.42 bits per heavy atom. The van der Waals surface area contributed by atoms with E-state index in [-0.39, 0.29) is 24.6 Å². The molecule has 1 aliphatic heterocycles. The largest absolute Gasteiger partial charge is 0.391 e. The predicted molar refractivity (Wildman–Crippen MR) is 65.9 cm³/mol. The van der Waals surface area contributed by atoms with Crippen molar-refractivity contribution in [2.24, 2.45) is 0 Å². The molecule has 1 aromatic carbocycles. The fraction of sp³-hybridized carbons (Fsp3) is 0.385. The third kappa shape index (κ3) is 3.29. The molecule has 1 aromatic rings. The standard InChI is InChI=1S/C13H15FN2O3/c14-11-4-2-1-3-10(11)13(19)15-7-12(18)16-6-5-9(17)8-16/h1-4,9,17H,5-8H2,(H,15,19)/t9-/m1/s1. The lowest BCUT2D eigenvalue weighted by Gasteiger charge is -2.15. The Labute approximate surface area is 110 Å². The number of carbonyl (C=O) groups is 2. The average Bonchev–Trinajstić information content (AvgIpc) is 2.83. The van der Waals surface area contributed by atoms with Gasteiger partial charge in [-0.25, -0.2) is 4.39 Å². The molecule has 19 heavy (non-hydrogen) atoms. The van der Waals surface area contributed by atoms with Crippen molar-refractivity contribution in [1.29, 1.82) is 0 Å². The fourth-order valence-electron chi connectivity index (χ4n) is 1.98. The van der Waals surface area contributed by atoms with Gasteiger partial charge in [0.25, 0.3) is 5.91 Å². The van der Waals surface area contributed by atoms with Gasteiger partial charge < -0.3 is 15.3 Å². The first-order valence-electron chi connectivity index (χ1n) is 6.06. The number of hydrogen-bond donors (Lipinski definition) is 2. The molecule has 0 saturated carbocycles. The molecule has 0 spiro atoms. The van der Waals surface area contributed by atoms with Crippen LogP contribution in [0.3, 0.4) is 0 Å². The van der Waals surface area contributed by atoms with Crippen molar-refractivity contribution in [2.45, 2.75) is 12.5 Å². The molecular weight excluding hydrogens is 251 g/mol. The molecule has 2 amide bonds. The van der Waals surface area contributed by atoms with Crippen LogP contribution in [0.2, 0.25) is 0 Å². The molecular formula is C13H15FN2O3. The minimum atomic E-state index is -0.621. The molecule has 0 radical (unpaired) electrons. The predicted octanol–water partition coefficient (Wildman–Crippen LogP) is 0.149. The molecule has 1 heterocycles. The lowest BCUT2D eigenvalue weighted by atomic mass is 10.2. The number of aliphatic hydroxyl groups excluding tert-OH is 1. The second-order valence-corrected chi connectivity index (χ2v) is 4.44. The zero-order valence-electron chi connectivity index (χ0n) is 10.3. The van der Waals surface area contributed by atoms with E-state index in [1.165, 1.54) is 23.1 Å². The molecule has 1 aliphatic rings. The zero-order valence-corrected chi connectivity index (χ0v) is 10.3. The first kappa shape index (κ1) is 13.5.